The first-order valence-electron chi connectivity index (χ1n) is 7.69. The fourth-order valence-electron chi connectivity index (χ4n) is 3.09. The highest BCUT2D eigenvalue weighted by atomic mass is 32.2. The first-order valence-corrected chi connectivity index (χ1v) is 8.92. The van der Waals surface area contributed by atoms with Gasteiger partial charge in [-0.05, 0) is 55.1 Å². The zero-order chi connectivity index (χ0) is 15.2. The van der Waals surface area contributed by atoms with E-state index in [0.717, 1.165) is 5.56 Å². The van der Waals surface area contributed by atoms with Gasteiger partial charge in [-0.25, -0.2) is 4.79 Å². The minimum absolute atomic E-state index is 0.270. The van der Waals surface area contributed by atoms with Crippen LogP contribution in [0.2, 0.25) is 0 Å². The van der Waals surface area contributed by atoms with Crippen LogP contribution in [-0.2, 0) is 11.2 Å². The lowest BCUT2D eigenvalue weighted by atomic mass is 9.83. The van der Waals surface area contributed by atoms with Gasteiger partial charge in [0.1, 0.15) is 0 Å². The number of carboxylic acid groups (broad SMARTS) is 1. The van der Waals surface area contributed by atoms with Crippen molar-refractivity contribution in [1.82, 2.24) is 0 Å². The summed E-state index contributed by atoms with van der Waals surface area (Å²) in [6.07, 6.45) is 8.28. The molecule has 0 saturated heterocycles. The SMILES string of the molecule is CSc1cc(CCC(O)C(=O)O)ccc1C1CCCCC1. The van der Waals surface area contributed by atoms with Gasteiger partial charge in [0.25, 0.3) is 0 Å². The van der Waals surface area contributed by atoms with Crippen molar-refractivity contribution in [3.05, 3.63) is 29.3 Å². The number of aliphatic hydroxyl groups is 1. The second-order valence-electron chi connectivity index (χ2n) is 5.80. The maximum atomic E-state index is 10.7. The van der Waals surface area contributed by atoms with Crippen molar-refractivity contribution in [3.8, 4) is 0 Å². The van der Waals surface area contributed by atoms with E-state index in [1.807, 2.05) is 0 Å². The van der Waals surface area contributed by atoms with E-state index in [4.69, 9.17) is 5.11 Å². The molecule has 0 aliphatic heterocycles. The molecule has 0 amide bonds. The molecule has 3 nitrogen and oxygen atoms in total. The number of aliphatic carboxylic acids is 1. The molecule has 1 fully saturated rings. The van der Waals surface area contributed by atoms with Gasteiger partial charge in [0.05, 0.1) is 0 Å². The number of rotatable bonds is 6. The molecule has 21 heavy (non-hydrogen) atoms. The van der Waals surface area contributed by atoms with E-state index in [1.165, 1.54) is 42.6 Å². The van der Waals surface area contributed by atoms with Crippen LogP contribution in [0.3, 0.4) is 0 Å². The first kappa shape index (κ1) is 16.4. The van der Waals surface area contributed by atoms with Crippen LogP contribution in [0.4, 0.5) is 0 Å². The first-order chi connectivity index (χ1) is 10.1. The Balaban J connectivity index is 2.06. The van der Waals surface area contributed by atoms with Crippen molar-refractivity contribution in [2.45, 2.75) is 61.9 Å². The number of aliphatic hydroxyl groups excluding tert-OH is 1. The summed E-state index contributed by atoms with van der Waals surface area (Å²) in [4.78, 5) is 12.0. The van der Waals surface area contributed by atoms with Crippen LogP contribution in [0.25, 0.3) is 0 Å². The number of hydrogen-bond donors (Lipinski definition) is 2. The lowest BCUT2D eigenvalue weighted by Gasteiger charge is -2.24. The number of carbonyl (C=O) groups is 1. The third-order valence-corrected chi connectivity index (χ3v) is 5.13. The van der Waals surface area contributed by atoms with Crippen LogP contribution < -0.4 is 0 Å². The molecule has 1 atom stereocenters. The number of benzene rings is 1. The maximum Gasteiger partial charge on any atom is 0.332 e. The second-order valence-corrected chi connectivity index (χ2v) is 6.65. The van der Waals surface area contributed by atoms with Crippen molar-refractivity contribution in [3.63, 3.8) is 0 Å². The fraction of sp³-hybridized carbons (Fsp3) is 0.588. The van der Waals surface area contributed by atoms with Crippen LogP contribution >= 0.6 is 11.8 Å². The third-order valence-electron chi connectivity index (χ3n) is 4.33. The quantitative estimate of drug-likeness (QED) is 0.784. The molecule has 0 spiro atoms. The number of aryl methyl sites for hydroxylation is 1. The molecule has 1 aliphatic carbocycles. The molecule has 0 radical (unpaired) electrons. The van der Waals surface area contributed by atoms with Crippen LogP contribution in [-0.4, -0.2) is 28.5 Å². The molecule has 1 unspecified atom stereocenters. The van der Waals surface area contributed by atoms with Gasteiger partial charge in [-0.2, -0.15) is 0 Å². The van der Waals surface area contributed by atoms with Gasteiger partial charge >= 0.3 is 5.97 Å². The summed E-state index contributed by atoms with van der Waals surface area (Å²) in [7, 11) is 0. The monoisotopic (exact) mass is 308 g/mol. The Morgan fingerprint density at radius 2 is 2.05 bits per heavy atom. The Morgan fingerprint density at radius 1 is 1.33 bits per heavy atom. The molecule has 1 saturated carbocycles. The van der Waals surface area contributed by atoms with Gasteiger partial charge in [0.15, 0.2) is 6.10 Å². The Kier molecular flexibility index (Phi) is 6.12. The summed E-state index contributed by atoms with van der Waals surface area (Å²) in [5.74, 6) is -0.459. The Hall–Kier alpha value is -1.00. The van der Waals surface area contributed by atoms with Crippen molar-refractivity contribution < 1.29 is 15.0 Å². The molecule has 4 heteroatoms. The van der Waals surface area contributed by atoms with E-state index in [9.17, 15) is 9.90 Å². The van der Waals surface area contributed by atoms with Gasteiger partial charge in [-0.15, -0.1) is 11.8 Å². The maximum absolute atomic E-state index is 10.7. The molecule has 0 aromatic heterocycles. The molecular formula is C17H24O3S. The van der Waals surface area contributed by atoms with E-state index in [-0.39, 0.29) is 6.42 Å². The standard InChI is InChI=1S/C17H24O3S/c1-21-16-11-12(8-10-15(18)17(19)20)7-9-14(16)13-5-3-2-4-6-13/h7,9,11,13,15,18H,2-6,8,10H2,1H3,(H,19,20). The normalized spacial score (nSPS) is 17.6. The fourth-order valence-corrected chi connectivity index (χ4v) is 3.83. The molecule has 0 bridgehead atoms. The predicted octanol–water partition coefficient (Wildman–Crippen LogP) is 3.83. The van der Waals surface area contributed by atoms with Gasteiger partial charge < -0.3 is 10.2 Å². The van der Waals surface area contributed by atoms with E-state index in [1.54, 1.807) is 11.8 Å². The highest BCUT2D eigenvalue weighted by Gasteiger charge is 2.19. The molecule has 2 rings (SSSR count). The highest BCUT2D eigenvalue weighted by Crippen LogP contribution is 2.37. The topological polar surface area (TPSA) is 57.5 Å². The minimum Gasteiger partial charge on any atom is -0.479 e. The molecule has 116 valence electrons. The largest absolute Gasteiger partial charge is 0.479 e. The van der Waals surface area contributed by atoms with Crippen LogP contribution in [0, 0.1) is 0 Å². The zero-order valence-corrected chi connectivity index (χ0v) is 13.4. The second kappa shape index (κ2) is 7.85. The highest BCUT2D eigenvalue weighted by molar-refractivity contribution is 7.98. The summed E-state index contributed by atoms with van der Waals surface area (Å²) in [6.45, 7) is 0. The van der Waals surface area contributed by atoms with Crippen molar-refractivity contribution in [2.75, 3.05) is 6.26 Å². The Bertz CT molecular complexity index is 481. The lowest BCUT2D eigenvalue weighted by Crippen LogP contribution is -2.19. The van der Waals surface area contributed by atoms with Crippen molar-refractivity contribution >= 4 is 17.7 Å². The number of carboxylic acids is 1. The van der Waals surface area contributed by atoms with Gasteiger partial charge in [0.2, 0.25) is 0 Å². The Labute approximate surface area is 130 Å². The summed E-state index contributed by atoms with van der Waals surface area (Å²) in [6, 6.07) is 6.48. The van der Waals surface area contributed by atoms with Crippen molar-refractivity contribution in [2.24, 2.45) is 0 Å². The predicted molar refractivity (Wildman–Crippen MR) is 86.0 cm³/mol. The van der Waals surface area contributed by atoms with E-state index >= 15 is 0 Å². The lowest BCUT2D eigenvalue weighted by molar-refractivity contribution is -0.146. The van der Waals surface area contributed by atoms with Gasteiger partial charge in [0, 0.05) is 4.90 Å². The van der Waals surface area contributed by atoms with Gasteiger partial charge in [-0.3, -0.25) is 0 Å². The molecule has 1 aromatic carbocycles. The number of hydrogen-bond acceptors (Lipinski definition) is 3. The average Bonchev–Trinajstić information content (AvgIpc) is 2.53. The molecule has 1 aliphatic rings. The van der Waals surface area contributed by atoms with Gasteiger partial charge in [-0.1, -0.05) is 31.4 Å². The van der Waals surface area contributed by atoms with E-state index < -0.39 is 12.1 Å². The molecule has 2 N–H and O–H groups in total. The van der Waals surface area contributed by atoms with Crippen LogP contribution in [0.1, 0.15) is 55.6 Å². The average molecular weight is 308 g/mol. The van der Waals surface area contributed by atoms with Crippen LogP contribution in [0.5, 0.6) is 0 Å². The molecular weight excluding hydrogens is 284 g/mol. The zero-order valence-electron chi connectivity index (χ0n) is 12.5. The Morgan fingerprint density at radius 3 is 2.67 bits per heavy atom. The smallest absolute Gasteiger partial charge is 0.332 e. The van der Waals surface area contributed by atoms with E-state index in [2.05, 4.69) is 24.5 Å². The molecule has 1 aromatic rings. The minimum atomic E-state index is -1.26. The summed E-state index contributed by atoms with van der Waals surface area (Å²) < 4.78 is 0. The number of thioether (sulfide) groups is 1. The summed E-state index contributed by atoms with van der Waals surface area (Å²) in [5, 5.41) is 18.1. The molecule has 0 heterocycles. The third kappa shape index (κ3) is 4.48. The van der Waals surface area contributed by atoms with Crippen molar-refractivity contribution in [1.29, 1.82) is 0 Å². The summed E-state index contributed by atoms with van der Waals surface area (Å²) in [5.41, 5.74) is 2.56. The van der Waals surface area contributed by atoms with Crippen LogP contribution in [0.15, 0.2) is 23.1 Å². The van der Waals surface area contributed by atoms with E-state index in [0.29, 0.717) is 12.3 Å². The summed E-state index contributed by atoms with van der Waals surface area (Å²) >= 11 is 1.76.